The van der Waals surface area contributed by atoms with Gasteiger partial charge in [-0.05, 0) is 31.9 Å². The van der Waals surface area contributed by atoms with Crippen LogP contribution >= 0.6 is 12.4 Å². The van der Waals surface area contributed by atoms with Crippen LogP contribution in [-0.4, -0.2) is 30.2 Å². The van der Waals surface area contributed by atoms with Crippen LogP contribution in [0.2, 0.25) is 0 Å². The van der Waals surface area contributed by atoms with Crippen LogP contribution in [0.5, 0.6) is 0 Å². The molecule has 0 aliphatic carbocycles. The Labute approximate surface area is 127 Å². The lowest BCUT2D eigenvalue weighted by Crippen LogP contribution is -2.29. The molecule has 20 heavy (non-hydrogen) atoms. The van der Waals surface area contributed by atoms with Crippen LogP contribution in [0.4, 0.5) is 0 Å². The van der Waals surface area contributed by atoms with Gasteiger partial charge in [0, 0.05) is 18.9 Å². The molecular weight excluding hydrogens is 276 g/mol. The number of aliphatic hydroxyl groups is 1. The largest absolute Gasteiger partial charge is 0.393 e. The van der Waals surface area contributed by atoms with Crippen LogP contribution < -0.4 is 11.1 Å². The third-order valence-corrected chi connectivity index (χ3v) is 3.05. The van der Waals surface area contributed by atoms with Crippen molar-refractivity contribution in [2.24, 2.45) is 5.73 Å². The zero-order chi connectivity index (χ0) is 14.1. The molecule has 1 aromatic rings. The predicted octanol–water partition coefficient (Wildman–Crippen LogP) is 1.82. The normalized spacial score (nSPS) is 13.2. The van der Waals surface area contributed by atoms with Crippen molar-refractivity contribution in [3.05, 3.63) is 35.9 Å². The summed E-state index contributed by atoms with van der Waals surface area (Å²) in [6.07, 6.45) is 1.43. The molecule has 2 atom stereocenters. The van der Waals surface area contributed by atoms with E-state index in [1.165, 1.54) is 0 Å². The molecule has 1 rings (SSSR count). The van der Waals surface area contributed by atoms with E-state index in [9.17, 15) is 9.90 Å². The van der Waals surface area contributed by atoms with E-state index < -0.39 is 0 Å². The lowest BCUT2D eigenvalue weighted by Gasteiger charge is -2.19. The summed E-state index contributed by atoms with van der Waals surface area (Å²) in [6.45, 7) is 2.85. The van der Waals surface area contributed by atoms with Gasteiger partial charge in [0.25, 0.3) is 0 Å². The number of aliphatic hydroxyl groups excluding tert-OH is 1. The Morgan fingerprint density at radius 2 is 2.00 bits per heavy atom. The average Bonchev–Trinajstić information content (AvgIpc) is 2.41. The molecule has 114 valence electrons. The SMILES string of the molecule is CC(O)CC(CNC(=O)CCCN)c1ccccc1.Cl. The number of hydrogen-bond acceptors (Lipinski definition) is 3. The van der Waals surface area contributed by atoms with E-state index in [0.717, 1.165) is 5.56 Å². The van der Waals surface area contributed by atoms with Gasteiger partial charge in [0.1, 0.15) is 0 Å². The van der Waals surface area contributed by atoms with Gasteiger partial charge in [0.05, 0.1) is 6.10 Å². The number of halogens is 1. The van der Waals surface area contributed by atoms with Gasteiger partial charge < -0.3 is 16.2 Å². The molecule has 4 nitrogen and oxygen atoms in total. The maximum Gasteiger partial charge on any atom is 0.220 e. The van der Waals surface area contributed by atoms with Crippen LogP contribution in [0.15, 0.2) is 30.3 Å². The van der Waals surface area contributed by atoms with Gasteiger partial charge in [-0.3, -0.25) is 4.79 Å². The van der Waals surface area contributed by atoms with Gasteiger partial charge >= 0.3 is 0 Å². The molecule has 1 aromatic carbocycles. The second-order valence-electron chi connectivity index (χ2n) is 4.89. The van der Waals surface area contributed by atoms with Gasteiger partial charge in [-0.1, -0.05) is 30.3 Å². The number of nitrogens with one attached hydrogen (secondary N) is 1. The van der Waals surface area contributed by atoms with Crippen LogP contribution in [0, 0.1) is 0 Å². The number of nitrogens with two attached hydrogens (primary N) is 1. The van der Waals surface area contributed by atoms with Crippen molar-refractivity contribution in [2.75, 3.05) is 13.1 Å². The van der Waals surface area contributed by atoms with Crippen molar-refractivity contribution in [1.82, 2.24) is 5.32 Å². The highest BCUT2D eigenvalue weighted by Gasteiger charge is 2.15. The van der Waals surface area contributed by atoms with Crippen molar-refractivity contribution in [2.45, 2.75) is 38.2 Å². The van der Waals surface area contributed by atoms with E-state index in [1.807, 2.05) is 30.3 Å². The highest BCUT2D eigenvalue weighted by atomic mass is 35.5. The fraction of sp³-hybridized carbons (Fsp3) is 0.533. The molecule has 4 N–H and O–H groups in total. The molecule has 0 saturated carbocycles. The topological polar surface area (TPSA) is 75.3 Å². The quantitative estimate of drug-likeness (QED) is 0.685. The molecule has 0 heterocycles. The lowest BCUT2D eigenvalue weighted by molar-refractivity contribution is -0.121. The van der Waals surface area contributed by atoms with Crippen LogP contribution in [-0.2, 0) is 4.79 Å². The maximum atomic E-state index is 11.6. The molecule has 5 heteroatoms. The Balaban J connectivity index is 0.00000361. The van der Waals surface area contributed by atoms with Gasteiger partial charge in [-0.15, -0.1) is 12.4 Å². The van der Waals surface area contributed by atoms with Gasteiger partial charge in [-0.25, -0.2) is 0 Å². The van der Waals surface area contributed by atoms with Gasteiger partial charge in [0.15, 0.2) is 0 Å². The molecule has 0 aliphatic rings. The van der Waals surface area contributed by atoms with Crippen molar-refractivity contribution >= 4 is 18.3 Å². The average molecular weight is 301 g/mol. The monoisotopic (exact) mass is 300 g/mol. The number of hydrogen-bond donors (Lipinski definition) is 3. The molecule has 0 saturated heterocycles. The lowest BCUT2D eigenvalue weighted by atomic mass is 9.93. The predicted molar refractivity (Wildman–Crippen MR) is 84.0 cm³/mol. The molecule has 0 aromatic heterocycles. The first-order chi connectivity index (χ1) is 9.13. The zero-order valence-electron chi connectivity index (χ0n) is 11.9. The number of carbonyl (C=O) groups excluding carboxylic acids is 1. The molecule has 0 radical (unpaired) electrons. The Bertz CT molecular complexity index is 371. The maximum absolute atomic E-state index is 11.6. The Kier molecular flexibility index (Phi) is 10.1. The van der Waals surface area contributed by atoms with E-state index in [0.29, 0.717) is 32.4 Å². The van der Waals surface area contributed by atoms with E-state index in [1.54, 1.807) is 6.92 Å². The molecule has 0 bridgehead atoms. The Morgan fingerprint density at radius 3 is 2.55 bits per heavy atom. The number of amides is 1. The first kappa shape index (κ1) is 18.9. The summed E-state index contributed by atoms with van der Waals surface area (Å²) in [5.41, 5.74) is 6.52. The van der Waals surface area contributed by atoms with Crippen molar-refractivity contribution < 1.29 is 9.90 Å². The third kappa shape index (κ3) is 7.48. The minimum absolute atomic E-state index is 0. The van der Waals surface area contributed by atoms with E-state index >= 15 is 0 Å². The van der Waals surface area contributed by atoms with E-state index in [4.69, 9.17) is 5.73 Å². The number of benzene rings is 1. The number of carbonyl (C=O) groups is 1. The third-order valence-electron chi connectivity index (χ3n) is 3.05. The molecule has 1 amide bonds. The van der Waals surface area contributed by atoms with E-state index in [2.05, 4.69) is 5.32 Å². The van der Waals surface area contributed by atoms with Crippen LogP contribution in [0.3, 0.4) is 0 Å². The minimum Gasteiger partial charge on any atom is -0.393 e. The highest BCUT2D eigenvalue weighted by molar-refractivity contribution is 5.85. The first-order valence-electron chi connectivity index (χ1n) is 6.83. The van der Waals surface area contributed by atoms with Crippen molar-refractivity contribution in [3.63, 3.8) is 0 Å². The fourth-order valence-corrected chi connectivity index (χ4v) is 2.06. The minimum atomic E-state index is -0.383. The summed E-state index contributed by atoms with van der Waals surface area (Å²) in [5, 5.41) is 12.5. The van der Waals surface area contributed by atoms with Crippen molar-refractivity contribution in [3.8, 4) is 0 Å². The number of rotatable bonds is 8. The molecule has 0 fully saturated rings. The summed E-state index contributed by atoms with van der Waals surface area (Å²) >= 11 is 0. The van der Waals surface area contributed by atoms with Crippen molar-refractivity contribution in [1.29, 1.82) is 0 Å². The first-order valence-corrected chi connectivity index (χ1v) is 6.83. The van der Waals surface area contributed by atoms with Gasteiger partial charge in [0.2, 0.25) is 5.91 Å². The summed E-state index contributed by atoms with van der Waals surface area (Å²) in [4.78, 5) is 11.6. The smallest absolute Gasteiger partial charge is 0.220 e. The summed E-state index contributed by atoms with van der Waals surface area (Å²) in [7, 11) is 0. The van der Waals surface area contributed by atoms with E-state index in [-0.39, 0.29) is 30.3 Å². The Hall–Kier alpha value is -1.10. The standard InChI is InChI=1S/C15H24N2O2.ClH/c1-12(18)10-14(13-6-3-2-4-7-13)11-17-15(19)8-5-9-16;/h2-4,6-7,12,14,18H,5,8-11,16H2,1H3,(H,17,19);1H. The second kappa shape index (κ2) is 10.7. The van der Waals surface area contributed by atoms with Gasteiger partial charge in [-0.2, -0.15) is 0 Å². The van der Waals surface area contributed by atoms with Crippen LogP contribution in [0.1, 0.15) is 37.7 Å². The molecule has 0 aliphatic heterocycles. The fourth-order valence-electron chi connectivity index (χ4n) is 2.06. The molecule has 0 spiro atoms. The second-order valence-corrected chi connectivity index (χ2v) is 4.89. The Morgan fingerprint density at radius 1 is 1.35 bits per heavy atom. The molecule has 2 unspecified atom stereocenters. The summed E-state index contributed by atoms with van der Waals surface area (Å²) < 4.78 is 0. The highest BCUT2D eigenvalue weighted by Crippen LogP contribution is 2.20. The summed E-state index contributed by atoms with van der Waals surface area (Å²) in [5.74, 6) is 0.167. The summed E-state index contributed by atoms with van der Waals surface area (Å²) in [6, 6.07) is 9.96. The molecular formula is C15H25ClN2O2. The van der Waals surface area contributed by atoms with Crippen LogP contribution in [0.25, 0.3) is 0 Å². The zero-order valence-corrected chi connectivity index (χ0v) is 12.7.